The van der Waals surface area contributed by atoms with E-state index >= 15 is 0 Å². The SMILES string of the molecule is SCCNCc1ccc(N2CCN(c3ccccc3)CC2)cc1. The molecule has 0 radical (unpaired) electrons. The third kappa shape index (κ3) is 4.43. The fourth-order valence-electron chi connectivity index (χ4n) is 3.00. The number of anilines is 2. The van der Waals surface area contributed by atoms with Crippen LogP contribution in [-0.4, -0.2) is 38.5 Å². The van der Waals surface area contributed by atoms with Crippen LogP contribution in [0, 0.1) is 0 Å². The lowest BCUT2D eigenvalue weighted by Gasteiger charge is -2.37. The maximum absolute atomic E-state index is 4.21. The fourth-order valence-corrected chi connectivity index (χ4v) is 3.16. The highest BCUT2D eigenvalue weighted by atomic mass is 32.1. The van der Waals surface area contributed by atoms with Crippen molar-refractivity contribution in [3.8, 4) is 0 Å². The molecule has 1 aliphatic rings. The summed E-state index contributed by atoms with van der Waals surface area (Å²) in [7, 11) is 0. The zero-order chi connectivity index (χ0) is 15.9. The van der Waals surface area contributed by atoms with E-state index in [-0.39, 0.29) is 0 Å². The second-order valence-electron chi connectivity index (χ2n) is 5.88. The third-order valence-corrected chi connectivity index (χ3v) is 4.54. The minimum atomic E-state index is 0.879. The molecule has 3 nitrogen and oxygen atoms in total. The predicted octanol–water partition coefficient (Wildman–Crippen LogP) is 3.03. The molecule has 0 amide bonds. The standard InChI is InChI=1S/C19H25N3S/c23-15-10-20-16-17-6-8-19(9-7-17)22-13-11-21(12-14-22)18-4-2-1-3-5-18/h1-9,20,23H,10-16H2. The highest BCUT2D eigenvalue weighted by Gasteiger charge is 2.17. The fraction of sp³-hybridized carbons (Fsp3) is 0.368. The molecule has 1 fully saturated rings. The average molecular weight is 327 g/mol. The minimum absolute atomic E-state index is 0.879. The molecule has 0 unspecified atom stereocenters. The van der Waals surface area contributed by atoms with Crippen molar-refractivity contribution >= 4 is 24.0 Å². The lowest BCUT2D eigenvalue weighted by Crippen LogP contribution is -2.46. The molecule has 2 aromatic carbocycles. The molecule has 2 aromatic rings. The number of nitrogens with one attached hydrogen (secondary N) is 1. The van der Waals surface area contributed by atoms with Crippen LogP contribution in [0.15, 0.2) is 54.6 Å². The van der Waals surface area contributed by atoms with Gasteiger partial charge in [-0.05, 0) is 29.8 Å². The van der Waals surface area contributed by atoms with Crippen LogP contribution < -0.4 is 15.1 Å². The Hall–Kier alpha value is -1.65. The number of thiol groups is 1. The molecule has 23 heavy (non-hydrogen) atoms. The summed E-state index contributed by atoms with van der Waals surface area (Å²) in [6, 6.07) is 19.6. The summed E-state index contributed by atoms with van der Waals surface area (Å²) in [4.78, 5) is 4.94. The van der Waals surface area contributed by atoms with Crippen LogP contribution in [0.4, 0.5) is 11.4 Å². The number of hydrogen-bond donors (Lipinski definition) is 2. The van der Waals surface area contributed by atoms with Gasteiger partial charge in [-0.1, -0.05) is 30.3 Å². The Morgan fingerprint density at radius 1 is 0.783 bits per heavy atom. The van der Waals surface area contributed by atoms with E-state index in [9.17, 15) is 0 Å². The number of piperazine rings is 1. The Morgan fingerprint density at radius 2 is 1.35 bits per heavy atom. The topological polar surface area (TPSA) is 18.5 Å². The normalized spacial score (nSPS) is 15.0. The molecule has 0 bridgehead atoms. The van der Waals surface area contributed by atoms with Crippen molar-refractivity contribution in [2.24, 2.45) is 0 Å². The van der Waals surface area contributed by atoms with Crippen molar-refractivity contribution in [2.75, 3.05) is 48.3 Å². The summed E-state index contributed by atoms with van der Waals surface area (Å²) in [5, 5.41) is 3.38. The molecule has 0 atom stereocenters. The Labute approximate surface area is 144 Å². The largest absolute Gasteiger partial charge is 0.368 e. The molecule has 0 spiro atoms. The van der Waals surface area contributed by atoms with Gasteiger partial charge >= 0.3 is 0 Å². The van der Waals surface area contributed by atoms with Gasteiger partial charge in [-0.15, -0.1) is 0 Å². The van der Waals surface area contributed by atoms with Gasteiger partial charge in [0, 0.05) is 56.4 Å². The first-order valence-corrected chi connectivity index (χ1v) is 8.95. The zero-order valence-corrected chi connectivity index (χ0v) is 14.4. The molecule has 0 saturated carbocycles. The highest BCUT2D eigenvalue weighted by molar-refractivity contribution is 7.80. The summed E-state index contributed by atoms with van der Waals surface area (Å²) >= 11 is 4.21. The smallest absolute Gasteiger partial charge is 0.0367 e. The highest BCUT2D eigenvalue weighted by Crippen LogP contribution is 2.20. The first-order chi connectivity index (χ1) is 11.4. The predicted molar refractivity (Wildman–Crippen MR) is 103 cm³/mol. The summed E-state index contributed by atoms with van der Waals surface area (Å²) in [6.45, 7) is 6.18. The van der Waals surface area contributed by atoms with Gasteiger partial charge in [0.15, 0.2) is 0 Å². The second kappa shape index (κ2) is 8.27. The quantitative estimate of drug-likeness (QED) is 0.628. The first kappa shape index (κ1) is 16.2. The van der Waals surface area contributed by atoms with Crippen LogP contribution in [-0.2, 0) is 6.54 Å². The third-order valence-electron chi connectivity index (χ3n) is 4.32. The zero-order valence-electron chi connectivity index (χ0n) is 13.5. The first-order valence-electron chi connectivity index (χ1n) is 8.32. The molecule has 122 valence electrons. The summed E-state index contributed by atoms with van der Waals surface area (Å²) in [5.41, 5.74) is 3.99. The maximum Gasteiger partial charge on any atom is 0.0367 e. The van der Waals surface area contributed by atoms with E-state index in [1.165, 1.54) is 16.9 Å². The van der Waals surface area contributed by atoms with Crippen molar-refractivity contribution in [1.29, 1.82) is 0 Å². The van der Waals surface area contributed by atoms with E-state index in [0.29, 0.717) is 0 Å². The molecule has 1 N–H and O–H groups in total. The van der Waals surface area contributed by atoms with Crippen molar-refractivity contribution in [2.45, 2.75) is 6.54 Å². The number of rotatable bonds is 6. The van der Waals surface area contributed by atoms with E-state index < -0.39 is 0 Å². The van der Waals surface area contributed by atoms with Crippen molar-refractivity contribution in [1.82, 2.24) is 5.32 Å². The van der Waals surface area contributed by atoms with Gasteiger partial charge in [0.1, 0.15) is 0 Å². The van der Waals surface area contributed by atoms with E-state index in [2.05, 4.69) is 82.3 Å². The van der Waals surface area contributed by atoms with Gasteiger partial charge in [-0.2, -0.15) is 12.6 Å². The van der Waals surface area contributed by atoms with Crippen molar-refractivity contribution in [3.63, 3.8) is 0 Å². The number of nitrogens with zero attached hydrogens (tertiary/aromatic N) is 2. The van der Waals surface area contributed by atoms with Crippen LogP contribution in [0.3, 0.4) is 0 Å². The van der Waals surface area contributed by atoms with Crippen LogP contribution in [0.2, 0.25) is 0 Å². The van der Waals surface area contributed by atoms with Gasteiger partial charge in [0.05, 0.1) is 0 Å². The molecule has 1 heterocycles. The molecule has 0 aromatic heterocycles. The summed E-state index contributed by atoms with van der Waals surface area (Å²) in [5.74, 6) is 0.879. The number of benzene rings is 2. The van der Waals surface area contributed by atoms with Gasteiger partial charge in [-0.3, -0.25) is 0 Å². The average Bonchev–Trinajstić information content (AvgIpc) is 2.63. The molecule has 1 aliphatic heterocycles. The Kier molecular flexibility index (Phi) is 5.83. The number of hydrogen-bond acceptors (Lipinski definition) is 4. The van der Waals surface area contributed by atoms with Gasteiger partial charge in [0.2, 0.25) is 0 Å². The maximum atomic E-state index is 4.21. The molecular formula is C19H25N3S. The Bertz CT molecular complexity index is 577. The van der Waals surface area contributed by atoms with E-state index in [1.807, 2.05) is 0 Å². The summed E-state index contributed by atoms with van der Waals surface area (Å²) < 4.78 is 0. The molecular weight excluding hydrogens is 302 g/mol. The van der Waals surface area contributed by atoms with Crippen LogP contribution in [0.1, 0.15) is 5.56 Å². The lowest BCUT2D eigenvalue weighted by atomic mass is 10.1. The number of para-hydroxylation sites is 1. The Balaban J connectivity index is 1.53. The van der Waals surface area contributed by atoms with Crippen molar-refractivity contribution in [3.05, 3.63) is 60.2 Å². The molecule has 0 aliphatic carbocycles. The monoisotopic (exact) mass is 327 g/mol. The van der Waals surface area contributed by atoms with Gasteiger partial charge in [0.25, 0.3) is 0 Å². The van der Waals surface area contributed by atoms with E-state index in [1.54, 1.807) is 0 Å². The van der Waals surface area contributed by atoms with Crippen LogP contribution in [0.25, 0.3) is 0 Å². The van der Waals surface area contributed by atoms with Gasteiger partial charge in [-0.25, -0.2) is 0 Å². The van der Waals surface area contributed by atoms with Crippen LogP contribution in [0.5, 0.6) is 0 Å². The minimum Gasteiger partial charge on any atom is -0.368 e. The van der Waals surface area contributed by atoms with Crippen LogP contribution >= 0.6 is 12.6 Å². The van der Waals surface area contributed by atoms with Crippen molar-refractivity contribution < 1.29 is 0 Å². The molecule has 3 rings (SSSR count). The Morgan fingerprint density at radius 3 is 1.91 bits per heavy atom. The van der Waals surface area contributed by atoms with E-state index in [0.717, 1.165) is 45.0 Å². The molecule has 1 saturated heterocycles. The summed E-state index contributed by atoms with van der Waals surface area (Å²) in [6.07, 6.45) is 0. The van der Waals surface area contributed by atoms with Gasteiger partial charge < -0.3 is 15.1 Å². The second-order valence-corrected chi connectivity index (χ2v) is 6.32. The molecule has 4 heteroatoms. The van der Waals surface area contributed by atoms with E-state index in [4.69, 9.17) is 0 Å². The lowest BCUT2D eigenvalue weighted by molar-refractivity contribution is 0.653.